The SMILES string of the molecule is S.c1ccc2c(c1)[nH]c1c3ccccc3c3sc4ccccc4c3c21. The minimum atomic E-state index is 0. The summed E-state index contributed by atoms with van der Waals surface area (Å²) in [5, 5.41) is 8.07. The summed E-state index contributed by atoms with van der Waals surface area (Å²) in [6.07, 6.45) is 0. The average molecular weight is 358 g/mol. The fraction of sp³-hybridized carbons (Fsp3) is 0. The van der Waals surface area contributed by atoms with Crippen molar-refractivity contribution in [3.8, 4) is 0 Å². The molecule has 0 atom stereocenters. The number of H-pyrrole nitrogens is 1. The zero-order valence-electron chi connectivity index (χ0n) is 13.3. The zero-order valence-corrected chi connectivity index (χ0v) is 15.2. The average Bonchev–Trinajstić information content (AvgIpc) is 3.20. The van der Waals surface area contributed by atoms with Crippen LogP contribution in [0, 0.1) is 0 Å². The van der Waals surface area contributed by atoms with Crippen molar-refractivity contribution >= 4 is 77.6 Å². The number of para-hydroxylation sites is 1. The first-order chi connectivity index (χ1) is 11.9. The monoisotopic (exact) mass is 357 g/mol. The Morgan fingerprint density at radius 2 is 1.24 bits per heavy atom. The van der Waals surface area contributed by atoms with Crippen LogP contribution in [0.1, 0.15) is 0 Å². The van der Waals surface area contributed by atoms with Gasteiger partial charge in [-0.25, -0.2) is 0 Å². The summed E-state index contributed by atoms with van der Waals surface area (Å²) in [5.74, 6) is 0. The Morgan fingerprint density at radius 1 is 0.600 bits per heavy atom. The van der Waals surface area contributed by atoms with Gasteiger partial charge in [-0.15, -0.1) is 11.3 Å². The number of aromatic amines is 1. The highest BCUT2D eigenvalue weighted by Crippen LogP contribution is 2.45. The van der Waals surface area contributed by atoms with Crippen LogP contribution in [0.15, 0.2) is 72.8 Å². The molecule has 0 radical (unpaired) electrons. The van der Waals surface area contributed by atoms with Crippen LogP contribution in [0.3, 0.4) is 0 Å². The summed E-state index contributed by atoms with van der Waals surface area (Å²) >= 11 is 1.90. The normalized spacial score (nSPS) is 11.7. The van der Waals surface area contributed by atoms with Crippen molar-refractivity contribution in [2.24, 2.45) is 0 Å². The van der Waals surface area contributed by atoms with Gasteiger partial charge in [0.05, 0.1) is 5.52 Å². The van der Waals surface area contributed by atoms with Gasteiger partial charge >= 0.3 is 0 Å². The lowest BCUT2D eigenvalue weighted by Crippen LogP contribution is -1.77. The van der Waals surface area contributed by atoms with Crippen LogP contribution in [0.25, 0.3) is 52.8 Å². The van der Waals surface area contributed by atoms with Crippen LogP contribution < -0.4 is 0 Å². The molecule has 6 aromatic rings. The smallest absolute Gasteiger partial charge is 0.0551 e. The molecule has 0 fully saturated rings. The van der Waals surface area contributed by atoms with Crippen molar-refractivity contribution in [2.75, 3.05) is 0 Å². The van der Waals surface area contributed by atoms with E-state index >= 15 is 0 Å². The Bertz CT molecular complexity index is 1300. The van der Waals surface area contributed by atoms with Crippen molar-refractivity contribution < 1.29 is 0 Å². The number of rotatable bonds is 0. The van der Waals surface area contributed by atoms with E-state index < -0.39 is 0 Å². The molecular weight excluding hydrogens is 342 g/mol. The van der Waals surface area contributed by atoms with E-state index in [0.717, 1.165) is 0 Å². The number of aromatic nitrogens is 1. The third-order valence-electron chi connectivity index (χ3n) is 4.99. The Balaban J connectivity index is 0.00000140. The second-order valence-electron chi connectivity index (χ2n) is 6.27. The highest BCUT2D eigenvalue weighted by atomic mass is 32.1. The summed E-state index contributed by atoms with van der Waals surface area (Å²) in [6.45, 7) is 0. The van der Waals surface area contributed by atoms with E-state index in [2.05, 4.69) is 77.8 Å². The lowest BCUT2D eigenvalue weighted by Gasteiger charge is -2.03. The molecule has 3 heteroatoms. The Morgan fingerprint density at radius 3 is 2.08 bits per heavy atom. The minimum absolute atomic E-state index is 0. The molecule has 0 saturated heterocycles. The standard InChI is InChI=1S/C22H13NS.H2S/c1-2-8-14-13(7-1)21-19(15-9-3-5-11-17(15)23-21)20-16-10-4-6-12-18(16)24-22(14)20;/h1-12,23H;1H2. The number of benzene rings is 4. The first-order valence-corrected chi connectivity index (χ1v) is 8.96. The Hall–Kier alpha value is -2.49. The lowest BCUT2D eigenvalue weighted by atomic mass is 10.00. The summed E-state index contributed by atoms with van der Waals surface area (Å²) < 4.78 is 2.75. The van der Waals surface area contributed by atoms with Crippen molar-refractivity contribution in [3.05, 3.63) is 72.8 Å². The second kappa shape index (κ2) is 5.25. The third-order valence-corrected chi connectivity index (χ3v) is 6.20. The van der Waals surface area contributed by atoms with E-state index in [9.17, 15) is 0 Å². The topological polar surface area (TPSA) is 15.8 Å². The summed E-state index contributed by atoms with van der Waals surface area (Å²) in [4.78, 5) is 3.67. The van der Waals surface area contributed by atoms with Gasteiger partial charge in [-0.1, -0.05) is 60.7 Å². The molecule has 2 aromatic heterocycles. The first kappa shape index (κ1) is 14.8. The van der Waals surface area contributed by atoms with Gasteiger partial charge in [0.2, 0.25) is 0 Å². The molecule has 0 aliphatic carbocycles. The van der Waals surface area contributed by atoms with Gasteiger partial charge < -0.3 is 4.98 Å². The van der Waals surface area contributed by atoms with Crippen molar-refractivity contribution in [1.82, 2.24) is 4.98 Å². The molecule has 1 N–H and O–H groups in total. The van der Waals surface area contributed by atoms with Gasteiger partial charge in [0, 0.05) is 47.2 Å². The maximum atomic E-state index is 3.67. The lowest BCUT2D eigenvalue weighted by molar-refractivity contribution is 1.57. The van der Waals surface area contributed by atoms with Crippen LogP contribution >= 0.6 is 24.8 Å². The molecule has 4 aromatic carbocycles. The minimum Gasteiger partial charge on any atom is -0.354 e. The first-order valence-electron chi connectivity index (χ1n) is 8.14. The molecule has 0 aliphatic heterocycles. The van der Waals surface area contributed by atoms with E-state index in [0.29, 0.717) is 0 Å². The van der Waals surface area contributed by atoms with Crippen LogP contribution in [0.5, 0.6) is 0 Å². The highest BCUT2D eigenvalue weighted by Gasteiger charge is 2.17. The summed E-state index contributed by atoms with van der Waals surface area (Å²) in [7, 11) is 0. The third kappa shape index (κ3) is 1.85. The van der Waals surface area contributed by atoms with E-state index in [-0.39, 0.29) is 13.5 Å². The van der Waals surface area contributed by atoms with Gasteiger partial charge in [-0.2, -0.15) is 13.5 Å². The predicted molar refractivity (Wildman–Crippen MR) is 117 cm³/mol. The van der Waals surface area contributed by atoms with Crippen molar-refractivity contribution in [3.63, 3.8) is 0 Å². The van der Waals surface area contributed by atoms with Crippen LogP contribution in [-0.4, -0.2) is 4.98 Å². The van der Waals surface area contributed by atoms with Gasteiger partial charge in [-0.3, -0.25) is 0 Å². The van der Waals surface area contributed by atoms with Gasteiger partial charge in [0.1, 0.15) is 0 Å². The summed E-state index contributed by atoms with van der Waals surface area (Å²) in [5.41, 5.74) is 2.46. The molecule has 6 rings (SSSR count). The Kier molecular flexibility index (Phi) is 3.11. The molecule has 0 saturated carbocycles. The summed E-state index contributed by atoms with van der Waals surface area (Å²) in [6, 6.07) is 26.1. The highest BCUT2D eigenvalue weighted by molar-refractivity contribution is 7.59. The molecule has 0 aliphatic rings. The maximum Gasteiger partial charge on any atom is 0.0551 e. The maximum absolute atomic E-state index is 3.67. The molecule has 0 spiro atoms. The van der Waals surface area contributed by atoms with Gasteiger partial charge in [-0.05, 0) is 12.1 Å². The van der Waals surface area contributed by atoms with Crippen LogP contribution in [0.4, 0.5) is 0 Å². The zero-order chi connectivity index (χ0) is 15.7. The number of thiophene rings is 1. The molecule has 25 heavy (non-hydrogen) atoms. The molecule has 2 heterocycles. The van der Waals surface area contributed by atoms with Crippen LogP contribution in [-0.2, 0) is 0 Å². The fourth-order valence-corrected chi connectivity index (χ4v) is 5.23. The number of fused-ring (bicyclic) bond motifs is 10. The molecule has 120 valence electrons. The fourth-order valence-electron chi connectivity index (χ4n) is 3.99. The van der Waals surface area contributed by atoms with Gasteiger partial charge in [0.25, 0.3) is 0 Å². The molecule has 1 nitrogen and oxygen atoms in total. The predicted octanol–water partition coefficient (Wildman–Crippen LogP) is 6.96. The van der Waals surface area contributed by atoms with Crippen molar-refractivity contribution in [2.45, 2.75) is 0 Å². The molecule has 0 unspecified atom stereocenters. The van der Waals surface area contributed by atoms with Gasteiger partial charge in [0.15, 0.2) is 0 Å². The van der Waals surface area contributed by atoms with E-state index in [1.807, 2.05) is 11.3 Å². The molecule has 0 bridgehead atoms. The molecular formula is C22H15NS2. The largest absolute Gasteiger partial charge is 0.354 e. The quantitative estimate of drug-likeness (QED) is 0.302. The number of hydrogen-bond acceptors (Lipinski definition) is 1. The Labute approximate surface area is 155 Å². The van der Waals surface area contributed by atoms with Crippen LogP contribution in [0.2, 0.25) is 0 Å². The van der Waals surface area contributed by atoms with E-state index in [1.54, 1.807) is 0 Å². The molecule has 0 amide bonds. The van der Waals surface area contributed by atoms with E-state index in [4.69, 9.17) is 0 Å². The number of hydrogen-bond donors (Lipinski definition) is 1. The number of nitrogens with one attached hydrogen (secondary N) is 1. The van der Waals surface area contributed by atoms with E-state index in [1.165, 1.54) is 52.8 Å². The van der Waals surface area contributed by atoms with Crippen molar-refractivity contribution in [1.29, 1.82) is 0 Å². The second-order valence-corrected chi connectivity index (χ2v) is 7.32.